The Labute approximate surface area is 170 Å². The second-order valence-electron chi connectivity index (χ2n) is 7.22. The number of morpholine rings is 1. The third-order valence-electron chi connectivity index (χ3n) is 4.72. The monoisotopic (exact) mass is 400 g/mol. The topological polar surface area (TPSA) is 58.6 Å². The Balaban J connectivity index is 1.79. The highest BCUT2D eigenvalue weighted by Crippen LogP contribution is 2.15. The van der Waals surface area contributed by atoms with Crippen LogP contribution >= 0.6 is 11.6 Å². The van der Waals surface area contributed by atoms with Crippen LogP contribution in [0.4, 0.5) is 0 Å². The Morgan fingerprint density at radius 3 is 2.29 bits per heavy atom. The van der Waals surface area contributed by atoms with E-state index in [0.29, 0.717) is 30.1 Å². The van der Waals surface area contributed by atoms with E-state index in [2.05, 4.69) is 5.32 Å². The lowest BCUT2D eigenvalue weighted by molar-refractivity contribution is -0.145. The summed E-state index contributed by atoms with van der Waals surface area (Å²) in [6, 6.07) is 15.7. The summed E-state index contributed by atoms with van der Waals surface area (Å²) >= 11 is 5.90. The molecule has 0 radical (unpaired) electrons. The summed E-state index contributed by atoms with van der Waals surface area (Å²) < 4.78 is 5.73. The second-order valence-corrected chi connectivity index (χ2v) is 7.66. The van der Waals surface area contributed by atoms with Crippen LogP contribution < -0.4 is 5.32 Å². The molecule has 2 aromatic carbocycles. The molecule has 5 nitrogen and oxygen atoms in total. The van der Waals surface area contributed by atoms with Crippen LogP contribution in [0.5, 0.6) is 0 Å². The van der Waals surface area contributed by atoms with Gasteiger partial charge in [-0.3, -0.25) is 9.59 Å². The number of nitrogens with zero attached hydrogens (tertiary/aromatic N) is 1. The molecule has 0 unspecified atom stereocenters. The van der Waals surface area contributed by atoms with Crippen LogP contribution in [-0.2, 0) is 16.0 Å². The lowest BCUT2D eigenvalue weighted by atomic mass is 10.0. The van der Waals surface area contributed by atoms with Crippen LogP contribution in [0.3, 0.4) is 0 Å². The highest BCUT2D eigenvalue weighted by atomic mass is 35.5. The summed E-state index contributed by atoms with van der Waals surface area (Å²) in [5, 5.41) is 3.47. The lowest BCUT2D eigenvalue weighted by Crippen LogP contribution is -2.55. The van der Waals surface area contributed by atoms with E-state index in [4.69, 9.17) is 16.3 Å². The zero-order valence-corrected chi connectivity index (χ0v) is 16.9. The van der Waals surface area contributed by atoms with E-state index in [-0.39, 0.29) is 24.0 Å². The minimum Gasteiger partial charge on any atom is -0.372 e. The van der Waals surface area contributed by atoms with Crippen molar-refractivity contribution < 1.29 is 14.3 Å². The minimum atomic E-state index is -0.650. The average Bonchev–Trinajstić information content (AvgIpc) is 2.67. The molecule has 0 bridgehead atoms. The fourth-order valence-corrected chi connectivity index (χ4v) is 3.60. The van der Waals surface area contributed by atoms with Gasteiger partial charge in [0.2, 0.25) is 5.91 Å². The highest BCUT2D eigenvalue weighted by molar-refractivity contribution is 6.30. The van der Waals surface area contributed by atoms with E-state index < -0.39 is 6.04 Å². The van der Waals surface area contributed by atoms with Crippen LogP contribution in [0, 0.1) is 0 Å². The molecule has 3 rings (SSSR count). The van der Waals surface area contributed by atoms with E-state index in [9.17, 15) is 9.59 Å². The Morgan fingerprint density at radius 2 is 1.68 bits per heavy atom. The zero-order valence-electron chi connectivity index (χ0n) is 16.1. The first-order chi connectivity index (χ1) is 13.4. The maximum Gasteiger partial charge on any atom is 0.251 e. The van der Waals surface area contributed by atoms with Crippen molar-refractivity contribution in [2.45, 2.75) is 38.5 Å². The number of amides is 2. The van der Waals surface area contributed by atoms with Crippen LogP contribution in [0.15, 0.2) is 54.6 Å². The molecule has 6 heteroatoms. The first-order valence-corrected chi connectivity index (χ1v) is 9.85. The third kappa shape index (κ3) is 5.33. The number of nitrogens with one attached hydrogen (secondary N) is 1. The van der Waals surface area contributed by atoms with Gasteiger partial charge in [0.15, 0.2) is 0 Å². The van der Waals surface area contributed by atoms with Gasteiger partial charge in [-0.2, -0.15) is 0 Å². The lowest BCUT2D eigenvalue weighted by Gasteiger charge is -2.37. The molecule has 1 saturated heterocycles. The van der Waals surface area contributed by atoms with Crippen molar-refractivity contribution in [3.05, 3.63) is 70.7 Å². The smallest absolute Gasteiger partial charge is 0.251 e. The number of rotatable bonds is 5. The maximum absolute atomic E-state index is 13.2. The normalized spacial score (nSPS) is 20.5. The maximum atomic E-state index is 13.2. The van der Waals surface area contributed by atoms with Gasteiger partial charge in [0.25, 0.3) is 5.91 Å². The molecule has 1 fully saturated rings. The number of hydrogen-bond donors (Lipinski definition) is 1. The van der Waals surface area contributed by atoms with Gasteiger partial charge < -0.3 is 15.0 Å². The van der Waals surface area contributed by atoms with Crippen molar-refractivity contribution in [1.29, 1.82) is 0 Å². The summed E-state index contributed by atoms with van der Waals surface area (Å²) in [6.07, 6.45) is 0.369. The molecular weight excluding hydrogens is 376 g/mol. The summed E-state index contributed by atoms with van der Waals surface area (Å²) in [6.45, 7) is 4.94. The third-order valence-corrected chi connectivity index (χ3v) is 4.98. The van der Waals surface area contributed by atoms with E-state index >= 15 is 0 Å². The Bertz CT molecular complexity index is 800. The van der Waals surface area contributed by atoms with Gasteiger partial charge in [-0.05, 0) is 43.7 Å². The molecule has 1 N–H and O–H groups in total. The number of benzene rings is 2. The largest absolute Gasteiger partial charge is 0.372 e. The van der Waals surface area contributed by atoms with Crippen molar-refractivity contribution in [2.75, 3.05) is 13.1 Å². The number of hydrogen-bond acceptors (Lipinski definition) is 3. The fraction of sp³-hybridized carbons (Fsp3) is 0.364. The van der Waals surface area contributed by atoms with Gasteiger partial charge in [-0.25, -0.2) is 0 Å². The van der Waals surface area contributed by atoms with E-state index in [1.54, 1.807) is 29.2 Å². The number of carbonyl (C=O) groups excluding carboxylic acids is 2. The Hall–Kier alpha value is -2.37. The van der Waals surface area contributed by atoms with Gasteiger partial charge >= 0.3 is 0 Å². The molecular formula is C22H25ClN2O3. The van der Waals surface area contributed by atoms with Crippen LogP contribution in [0.2, 0.25) is 5.02 Å². The van der Waals surface area contributed by atoms with Crippen molar-refractivity contribution in [3.63, 3.8) is 0 Å². The standard InChI is InChI=1S/C22H25ClN2O3/c1-15-13-25(14-16(2)28-15)22(27)20(12-17-6-4-3-5-7-17)24-21(26)18-8-10-19(23)11-9-18/h3-11,15-16,20H,12-14H2,1-2H3,(H,24,26)/t15-,16-,20+/m0/s1. The molecule has 2 amide bonds. The molecule has 28 heavy (non-hydrogen) atoms. The first-order valence-electron chi connectivity index (χ1n) is 9.47. The zero-order chi connectivity index (χ0) is 20.1. The van der Waals surface area contributed by atoms with Crippen molar-refractivity contribution >= 4 is 23.4 Å². The predicted octanol–water partition coefficient (Wildman–Crippen LogP) is 3.32. The molecule has 0 saturated carbocycles. The van der Waals surface area contributed by atoms with Crippen LogP contribution in [0.25, 0.3) is 0 Å². The van der Waals surface area contributed by atoms with Gasteiger partial charge in [0.05, 0.1) is 12.2 Å². The molecule has 0 aliphatic carbocycles. The fourth-order valence-electron chi connectivity index (χ4n) is 3.47. The SMILES string of the molecule is C[C@H]1CN(C(=O)[C@@H](Cc2ccccc2)NC(=O)c2ccc(Cl)cc2)C[C@H](C)O1. The highest BCUT2D eigenvalue weighted by Gasteiger charge is 2.31. The molecule has 1 aliphatic rings. The molecule has 0 aromatic heterocycles. The Kier molecular flexibility index (Phi) is 6.70. The number of carbonyl (C=O) groups is 2. The van der Waals surface area contributed by atoms with Gasteiger partial charge in [-0.15, -0.1) is 0 Å². The van der Waals surface area contributed by atoms with Crippen LogP contribution in [-0.4, -0.2) is 48.1 Å². The second kappa shape index (κ2) is 9.22. The molecule has 2 aromatic rings. The quantitative estimate of drug-likeness (QED) is 0.837. The van der Waals surface area contributed by atoms with Crippen LogP contribution in [0.1, 0.15) is 29.8 Å². The molecule has 3 atom stereocenters. The summed E-state index contributed by atoms with van der Waals surface area (Å²) in [4.78, 5) is 27.8. The van der Waals surface area contributed by atoms with Crippen molar-refractivity contribution in [3.8, 4) is 0 Å². The van der Waals surface area contributed by atoms with Crippen molar-refractivity contribution in [2.24, 2.45) is 0 Å². The number of ether oxygens (including phenoxy) is 1. The Morgan fingerprint density at radius 1 is 1.07 bits per heavy atom. The molecule has 148 valence electrons. The molecule has 1 aliphatic heterocycles. The minimum absolute atomic E-state index is 0.0305. The summed E-state index contributed by atoms with van der Waals surface area (Å²) in [5.74, 6) is -0.381. The number of halogens is 1. The predicted molar refractivity (Wildman–Crippen MR) is 109 cm³/mol. The summed E-state index contributed by atoms with van der Waals surface area (Å²) in [5.41, 5.74) is 1.46. The van der Waals surface area contributed by atoms with Gasteiger partial charge in [-0.1, -0.05) is 41.9 Å². The summed E-state index contributed by atoms with van der Waals surface area (Å²) in [7, 11) is 0. The van der Waals surface area contributed by atoms with Crippen molar-refractivity contribution in [1.82, 2.24) is 10.2 Å². The average molecular weight is 401 g/mol. The molecule has 1 heterocycles. The van der Waals surface area contributed by atoms with E-state index in [1.807, 2.05) is 44.2 Å². The van der Waals surface area contributed by atoms with E-state index in [0.717, 1.165) is 5.56 Å². The van der Waals surface area contributed by atoms with Gasteiger partial charge in [0.1, 0.15) is 6.04 Å². The van der Waals surface area contributed by atoms with Gasteiger partial charge in [0, 0.05) is 30.1 Å². The molecule has 0 spiro atoms. The van der Waals surface area contributed by atoms with E-state index in [1.165, 1.54) is 0 Å². The first kappa shape index (κ1) is 20.4.